The van der Waals surface area contributed by atoms with Gasteiger partial charge in [-0.1, -0.05) is 12.1 Å². The van der Waals surface area contributed by atoms with Gasteiger partial charge in [0.25, 0.3) is 5.56 Å². The molecule has 1 aromatic carbocycles. The zero-order valence-electron chi connectivity index (χ0n) is 10.4. The minimum Gasteiger partial charge on any atom is -0.493 e. The van der Waals surface area contributed by atoms with Crippen LogP contribution in [0.15, 0.2) is 44.1 Å². The predicted molar refractivity (Wildman–Crippen MR) is 70.0 cm³/mol. The number of nitrogens with one attached hydrogen (secondary N) is 2. The molecule has 0 bridgehead atoms. The number of hydrogen-bond donors (Lipinski definition) is 3. The quantitative estimate of drug-likeness (QED) is 0.577. The molecule has 0 amide bonds. The van der Waals surface area contributed by atoms with Gasteiger partial charge in [-0.3, -0.25) is 19.6 Å². The summed E-state index contributed by atoms with van der Waals surface area (Å²) in [7, 11) is 0. The highest BCUT2D eigenvalue weighted by Gasteiger charge is 2.07. The Morgan fingerprint density at radius 3 is 2.60 bits per heavy atom. The van der Waals surface area contributed by atoms with E-state index in [1.54, 1.807) is 18.2 Å². The minimum absolute atomic E-state index is 0.133. The first kappa shape index (κ1) is 13.4. The zero-order chi connectivity index (χ0) is 14.7. The smallest absolute Gasteiger partial charge is 0.328 e. The fourth-order valence-corrected chi connectivity index (χ4v) is 1.46. The molecule has 0 unspecified atom stereocenters. The highest BCUT2D eigenvalue weighted by molar-refractivity contribution is 5.94. The van der Waals surface area contributed by atoms with E-state index in [0.717, 1.165) is 0 Å². The molecule has 0 aliphatic carbocycles. The lowest BCUT2D eigenvalue weighted by Gasteiger charge is -1.97. The van der Waals surface area contributed by atoms with E-state index >= 15 is 0 Å². The number of carbonyl (C=O) groups excluding carboxylic acids is 1. The lowest BCUT2D eigenvalue weighted by molar-refractivity contribution is 0.101. The van der Waals surface area contributed by atoms with E-state index in [1.807, 2.05) is 9.97 Å². The molecule has 2 aromatic rings. The van der Waals surface area contributed by atoms with E-state index in [1.165, 1.54) is 13.0 Å². The van der Waals surface area contributed by atoms with E-state index in [0.29, 0.717) is 11.3 Å². The average Bonchev–Trinajstić information content (AvgIpc) is 2.37. The van der Waals surface area contributed by atoms with Gasteiger partial charge in [0.2, 0.25) is 11.6 Å². The number of rotatable bonds is 3. The molecule has 1 heterocycles. The number of benzene rings is 1. The molecule has 2 rings (SSSR count). The number of aromatic hydroxyl groups is 1. The van der Waals surface area contributed by atoms with Gasteiger partial charge in [-0.15, -0.1) is 5.11 Å². The third kappa shape index (κ3) is 2.86. The monoisotopic (exact) mass is 274 g/mol. The van der Waals surface area contributed by atoms with Gasteiger partial charge in [0, 0.05) is 5.56 Å². The number of H-pyrrole nitrogens is 2. The van der Waals surface area contributed by atoms with Gasteiger partial charge in [0.1, 0.15) is 0 Å². The molecule has 0 saturated heterocycles. The van der Waals surface area contributed by atoms with Crippen LogP contribution in [0.5, 0.6) is 5.88 Å². The molecular formula is C12H10N4O4. The number of aromatic nitrogens is 2. The zero-order valence-corrected chi connectivity index (χ0v) is 10.4. The van der Waals surface area contributed by atoms with E-state index in [2.05, 4.69) is 10.2 Å². The molecule has 0 aliphatic rings. The van der Waals surface area contributed by atoms with Crippen molar-refractivity contribution in [2.24, 2.45) is 10.2 Å². The summed E-state index contributed by atoms with van der Waals surface area (Å²) in [5.74, 6) is -0.808. The fraction of sp³-hybridized carbons (Fsp3) is 0.0833. The molecule has 0 fully saturated rings. The van der Waals surface area contributed by atoms with Crippen molar-refractivity contribution in [3.63, 3.8) is 0 Å². The summed E-state index contributed by atoms with van der Waals surface area (Å²) >= 11 is 0. The Bertz CT molecular complexity index is 804. The molecule has 8 nitrogen and oxygen atoms in total. The summed E-state index contributed by atoms with van der Waals surface area (Å²) in [4.78, 5) is 37.4. The summed E-state index contributed by atoms with van der Waals surface area (Å²) in [6.45, 7) is 1.41. The first-order chi connectivity index (χ1) is 9.47. The number of aromatic amines is 2. The Hall–Kier alpha value is -3.03. The maximum Gasteiger partial charge on any atom is 0.328 e. The molecule has 20 heavy (non-hydrogen) atoms. The molecule has 3 N–H and O–H groups in total. The second kappa shape index (κ2) is 5.31. The highest BCUT2D eigenvalue weighted by atomic mass is 16.3. The van der Waals surface area contributed by atoms with Crippen molar-refractivity contribution in [2.45, 2.75) is 6.92 Å². The Kier molecular flexibility index (Phi) is 3.56. The maximum absolute atomic E-state index is 11.4. The van der Waals surface area contributed by atoms with Crippen LogP contribution in [-0.4, -0.2) is 20.9 Å². The number of ketones is 1. The van der Waals surface area contributed by atoms with Gasteiger partial charge in [-0.2, -0.15) is 5.11 Å². The van der Waals surface area contributed by atoms with Crippen molar-refractivity contribution in [1.82, 2.24) is 9.97 Å². The van der Waals surface area contributed by atoms with Crippen LogP contribution in [0, 0.1) is 0 Å². The molecule has 0 atom stereocenters. The van der Waals surface area contributed by atoms with E-state index in [4.69, 9.17) is 0 Å². The Balaban J connectivity index is 2.40. The standard InChI is InChI=1S/C12H10N4O4/c1-6(17)7-3-2-4-8(5-7)15-16-9-10(18)13-12(20)14-11(9)19/h2-5H,1H3,(H3,13,14,18,19,20). The number of carbonyl (C=O) groups is 1. The summed E-state index contributed by atoms with van der Waals surface area (Å²) in [6, 6.07) is 6.29. The van der Waals surface area contributed by atoms with Crippen molar-refractivity contribution in [1.29, 1.82) is 0 Å². The first-order valence-electron chi connectivity index (χ1n) is 5.55. The van der Waals surface area contributed by atoms with Gasteiger partial charge in [0.15, 0.2) is 5.78 Å². The lowest BCUT2D eigenvalue weighted by Crippen LogP contribution is -2.20. The average molecular weight is 274 g/mol. The van der Waals surface area contributed by atoms with Crippen LogP contribution in [0.3, 0.4) is 0 Å². The highest BCUT2D eigenvalue weighted by Crippen LogP contribution is 2.21. The first-order valence-corrected chi connectivity index (χ1v) is 5.55. The normalized spacial score (nSPS) is 10.8. The van der Waals surface area contributed by atoms with E-state index in [9.17, 15) is 19.5 Å². The van der Waals surface area contributed by atoms with Crippen LogP contribution in [0.25, 0.3) is 0 Å². The number of hydrogen-bond acceptors (Lipinski definition) is 6. The Morgan fingerprint density at radius 2 is 1.95 bits per heavy atom. The molecule has 0 radical (unpaired) electrons. The van der Waals surface area contributed by atoms with Crippen molar-refractivity contribution in [3.8, 4) is 5.88 Å². The summed E-state index contributed by atoms with van der Waals surface area (Å²) in [5, 5.41) is 16.7. The van der Waals surface area contributed by atoms with Crippen molar-refractivity contribution < 1.29 is 9.90 Å². The molecule has 0 spiro atoms. The van der Waals surface area contributed by atoms with Crippen LogP contribution in [0.2, 0.25) is 0 Å². The summed E-state index contributed by atoms with van der Waals surface area (Å²) in [5.41, 5.74) is -1.34. The van der Waals surface area contributed by atoms with E-state index in [-0.39, 0.29) is 5.78 Å². The van der Waals surface area contributed by atoms with E-state index < -0.39 is 22.8 Å². The van der Waals surface area contributed by atoms with Gasteiger partial charge in [0.05, 0.1) is 5.69 Å². The maximum atomic E-state index is 11.4. The molecular weight excluding hydrogens is 264 g/mol. The third-order valence-corrected chi connectivity index (χ3v) is 2.42. The van der Waals surface area contributed by atoms with Crippen LogP contribution < -0.4 is 11.2 Å². The third-order valence-electron chi connectivity index (χ3n) is 2.42. The van der Waals surface area contributed by atoms with Gasteiger partial charge >= 0.3 is 5.69 Å². The van der Waals surface area contributed by atoms with Crippen molar-refractivity contribution in [2.75, 3.05) is 0 Å². The second-order valence-corrected chi connectivity index (χ2v) is 3.91. The van der Waals surface area contributed by atoms with Crippen molar-refractivity contribution >= 4 is 17.2 Å². The number of azo groups is 1. The summed E-state index contributed by atoms with van der Waals surface area (Å²) < 4.78 is 0. The second-order valence-electron chi connectivity index (χ2n) is 3.91. The van der Waals surface area contributed by atoms with Crippen LogP contribution in [-0.2, 0) is 0 Å². The van der Waals surface area contributed by atoms with Crippen LogP contribution in [0.1, 0.15) is 17.3 Å². The number of Topliss-reactive ketones (excluding diaryl/α,β-unsaturated/α-hetero) is 1. The topological polar surface area (TPSA) is 128 Å². The molecule has 8 heteroatoms. The fourth-order valence-electron chi connectivity index (χ4n) is 1.46. The SMILES string of the molecule is CC(=O)c1cccc(N=Nc2c(O)[nH]c(=O)[nH]c2=O)c1. The number of nitrogens with zero attached hydrogens (tertiary/aromatic N) is 2. The Morgan fingerprint density at radius 1 is 1.20 bits per heavy atom. The largest absolute Gasteiger partial charge is 0.493 e. The molecule has 102 valence electrons. The molecule has 0 saturated carbocycles. The van der Waals surface area contributed by atoms with Gasteiger partial charge < -0.3 is 5.11 Å². The van der Waals surface area contributed by atoms with Gasteiger partial charge in [-0.25, -0.2) is 4.79 Å². The van der Waals surface area contributed by atoms with Gasteiger partial charge in [-0.05, 0) is 19.1 Å². The predicted octanol–water partition coefficient (Wildman–Crippen LogP) is 1.39. The minimum atomic E-state index is -0.863. The summed E-state index contributed by atoms with van der Waals surface area (Å²) in [6.07, 6.45) is 0. The van der Waals surface area contributed by atoms with Crippen molar-refractivity contribution in [3.05, 3.63) is 50.7 Å². The van der Waals surface area contributed by atoms with Crippen LogP contribution >= 0.6 is 0 Å². The lowest BCUT2D eigenvalue weighted by atomic mass is 10.1. The molecule has 0 aliphatic heterocycles. The Labute approximate surface area is 111 Å². The van der Waals surface area contributed by atoms with Crippen LogP contribution in [0.4, 0.5) is 11.4 Å². The molecule has 1 aromatic heterocycles.